The highest BCUT2D eigenvalue weighted by atomic mass is 15.0. The van der Waals surface area contributed by atoms with Gasteiger partial charge in [-0.25, -0.2) is 0 Å². The monoisotopic (exact) mass is 1030 g/mol. The molecule has 0 N–H and O–H groups in total. The maximum atomic E-state index is 2.44. The fourth-order valence-corrected chi connectivity index (χ4v) is 13.6. The van der Waals surface area contributed by atoms with Crippen LogP contribution in [0.25, 0.3) is 122 Å². The topological polar surface area (TPSA) is 9.86 Å². The maximum absolute atomic E-state index is 2.44. The molecule has 81 heavy (non-hydrogen) atoms. The molecule has 0 radical (unpaired) electrons. The molecule has 0 bridgehead atoms. The van der Waals surface area contributed by atoms with Crippen molar-refractivity contribution in [3.05, 3.63) is 338 Å². The number of rotatable bonds is 9. The molecule has 378 valence electrons. The summed E-state index contributed by atoms with van der Waals surface area (Å²) < 4.78 is 4.79. The molecule has 0 atom stereocenters. The molecule has 15 aromatic rings. The van der Waals surface area contributed by atoms with Gasteiger partial charge < -0.3 is 9.13 Å². The molecular formula is C79H52N2. The van der Waals surface area contributed by atoms with Gasteiger partial charge in [-0.2, -0.15) is 0 Å². The number of benzene rings is 13. The van der Waals surface area contributed by atoms with Crippen molar-refractivity contribution >= 4 is 43.6 Å². The zero-order valence-corrected chi connectivity index (χ0v) is 44.4. The Morgan fingerprint density at radius 2 is 0.543 bits per heavy atom. The van der Waals surface area contributed by atoms with Gasteiger partial charge in [-0.05, 0) is 156 Å². The zero-order chi connectivity index (χ0) is 53.4. The van der Waals surface area contributed by atoms with Crippen molar-refractivity contribution in [1.82, 2.24) is 9.13 Å². The summed E-state index contributed by atoms with van der Waals surface area (Å²) in [6.07, 6.45) is 0. The van der Waals surface area contributed by atoms with Gasteiger partial charge >= 0.3 is 0 Å². The molecule has 0 aliphatic heterocycles. The molecule has 2 heteroatoms. The number of hydrogen-bond donors (Lipinski definition) is 0. The standard InChI is InChI=1S/C79H52N2/c1-3-18-53(19-4-1)54-38-40-58(41-39-54)65-24-7-12-29-72(65)79(73-30-13-8-25-66(73)67-26-9-14-31-74(67)79)62-21-17-20-59(50-62)57-36-34-55(35-37-57)56-42-46-64(47-43-56)81-76-33-16-11-28-69(76)71-52-61(45-49-78(71)81)60-44-48-77-70(51-60)68-27-10-15-32-75(68)80(77)63-22-5-2-6-23-63/h1-52H. The summed E-state index contributed by atoms with van der Waals surface area (Å²) in [7, 11) is 0. The van der Waals surface area contributed by atoms with Crippen molar-refractivity contribution in [1.29, 1.82) is 0 Å². The molecule has 16 rings (SSSR count). The lowest BCUT2D eigenvalue weighted by atomic mass is 9.65. The van der Waals surface area contributed by atoms with Gasteiger partial charge in [-0.1, -0.05) is 249 Å². The van der Waals surface area contributed by atoms with E-state index in [4.69, 9.17) is 0 Å². The molecule has 0 unspecified atom stereocenters. The summed E-state index contributed by atoms with van der Waals surface area (Å²) in [4.78, 5) is 0. The molecule has 13 aromatic carbocycles. The van der Waals surface area contributed by atoms with Crippen LogP contribution in [0, 0.1) is 0 Å². The van der Waals surface area contributed by atoms with Crippen LogP contribution in [0.1, 0.15) is 22.3 Å². The summed E-state index contributed by atoms with van der Waals surface area (Å²) in [6, 6.07) is 117. The van der Waals surface area contributed by atoms with Crippen LogP contribution >= 0.6 is 0 Å². The Kier molecular flexibility index (Phi) is 10.8. The third kappa shape index (κ3) is 7.42. The van der Waals surface area contributed by atoms with E-state index in [1.54, 1.807) is 0 Å². The van der Waals surface area contributed by atoms with Gasteiger partial charge in [0.15, 0.2) is 0 Å². The van der Waals surface area contributed by atoms with E-state index in [2.05, 4.69) is 325 Å². The summed E-state index contributed by atoms with van der Waals surface area (Å²) in [5.74, 6) is 0. The lowest BCUT2D eigenvalue weighted by Crippen LogP contribution is -2.29. The zero-order valence-electron chi connectivity index (χ0n) is 44.4. The summed E-state index contributed by atoms with van der Waals surface area (Å²) in [6.45, 7) is 0. The van der Waals surface area contributed by atoms with Gasteiger partial charge in [0.05, 0.1) is 27.5 Å². The molecule has 0 saturated heterocycles. The molecule has 2 nitrogen and oxygen atoms in total. The predicted molar refractivity (Wildman–Crippen MR) is 340 cm³/mol. The van der Waals surface area contributed by atoms with Crippen molar-refractivity contribution < 1.29 is 0 Å². The fourth-order valence-electron chi connectivity index (χ4n) is 13.6. The van der Waals surface area contributed by atoms with Crippen LogP contribution in [-0.2, 0) is 5.41 Å². The molecule has 0 spiro atoms. The van der Waals surface area contributed by atoms with Gasteiger partial charge in [0.2, 0.25) is 0 Å². The largest absolute Gasteiger partial charge is 0.309 e. The predicted octanol–water partition coefficient (Wildman–Crippen LogP) is 20.6. The van der Waals surface area contributed by atoms with Crippen molar-refractivity contribution in [2.45, 2.75) is 5.41 Å². The molecule has 0 fully saturated rings. The smallest absolute Gasteiger partial charge is 0.0719 e. The molecule has 0 amide bonds. The van der Waals surface area contributed by atoms with Gasteiger partial charge in [0.25, 0.3) is 0 Å². The Morgan fingerprint density at radius 1 is 0.198 bits per heavy atom. The van der Waals surface area contributed by atoms with E-state index in [-0.39, 0.29) is 0 Å². The third-order valence-electron chi connectivity index (χ3n) is 17.3. The van der Waals surface area contributed by atoms with E-state index in [1.807, 2.05) is 0 Å². The van der Waals surface area contributed by atoms with Crippen LogP contribution in [0.5, 0.6) is 0 Å². The average Bonchev–Trinajstić information content (AvgIpc) is 3.72. The van der Waals surface area contributed by atoms with Gasteiger partial charge in [0.1, 0.15) is 0 Å². The summed E-state index contributed by atoms with van der Waals surface area (Å²) in [5.41, 5.74) is 26.2. The van der Waals surface area contributed by atoms with Crippen LogP contribution < -0.4 is 0 Å². The summed E-state index contributed by atoms with van der Waals surface area (Å²) in [5, 5.41) is 4.99. The number of hydrogen-bond acceptors (Lipinski definition) is 0. The molecule has 2 heterocycles. The lowest BCUT2D eigenvalue weighted by Gasteiger charge is -2.36. The fraction of sp³-hybridized carbons (Fsp3) is 0.0127. The first-order valence-electron chi connectivity index (χ1n) is 28.1. The van der Waals surface area contributed by atoms with Crippen LogP contribution in [0.4, 0.5) is 0 Å². The van der Waals surface area contributed by atoms with Crippen molar-refractivity contribution in [3.63, 3.8) is 0 Å². The normalized spacial score (nSPS) is 12.5. The van der Waals surface area contributed by atoms with Crippen LogP contribution in [0.3, 0.4) is 0 Å². The van der Waals surface area contributed by atoms with E-state index in [0.29, 0.717) is 0 Å². The molecule has 2 aromatic heterocycles. The molecular weight excluding hydrogens is 977 g/mol. The van der Waals surface area contributed by atoms with Crippen LogP contribution in [-0.4, -0.2) is 9.13 Å². The first kappa shape index (κ1) is 46.5. The van der Waals surface area contributed by atoms with Gasteiger partial charge in [-0.15, -0.1) is 0 Å². The Hall–Kier alpha value is -10.5. The first-order chi connectivity index (χ1) is 40.2. The minimum Gasteiger partial charge on any atom is -0.309 e. The Labute approximate surface area is 471 Å². The first-order valence-corrected chi connectivity index (χ1v) is 28.1. The Balaban J connectivity index is 0.735. The van der Waals surface area contributed by atoms with Gasteiger partial charge in [0, 0.05) is 32.9 Å². The molecule has 0 saturated carbocycles. The second kappa shape index (κ2) is 18.8. The minimum absolute atomic E-state index is 0.570. The number of para-hydroxylation sites is 3. The highest BCUT2D eigenvalue weighted by Gasteiger charge is 2.47. The second-order valence-corrected chi connectivity index (χ2v) is 21.5. The quantitative estimate of drug-likeness (QED) is 0.136. The van der Waals surface area contributed by atoms with Gasteiger partial charge in [-0.3, -0.25) is 0 Å². The van der Waals surface area contributed by atoms with E-state index in [9.17, 15) is 0 Å². The highest BCUT2D eigenvalue weighted by Crippen LogP contribution is 2.58. The van der Waals surface area contributed by atoms with Crippen molar-refractivity contribution in [2.75, 3.05) is 0 Å². The maximum Gasteiger partial charge on any atom is 0.0719 e. The third-order valence-corrected chi connectivity index (χ3v) is 17.3. The Morgan fingerprint density at radius 3 is 1.09 bits per heavy atom. The number of aromatic nitrogens is 2. The minimum atomic E-state index is -0.570. The van der Waals surface area contributed by atoms with E-state index in [0.717, 1.165) is 5.69 Å². The van der Waals surface area contributed by atoms with Crippen LogP contribution in [0.2, 0.25) is 0 Å². The van der Waals surface area contributed by atoms with Crippen LogP contribution in [0.15, 0.2) is 315 Å². The Bertz CT molecular complexity index is 4840. The number of nitrogens with zero attached hydrogens (tertiary/aromatic N) is 2. The molecule has 1 aliphatic carbocycles. The highest BCUT2D eigenvalue weighted by molar-refractivity contribution is 6.13. The number of fused-ring (bicyclic) bond motifs is 9. The molecule has 1 aliphatic rings. The average molecular weight is 1030 g/mol. The SMILES string of the molecule is c1ccc(-c2ccc(-c3ccccc3C3(c4cccc(-c5ccc(-c6ccc(-n7c8ccccc8c8cc(-c9ccc%10c(c9)c9ccccc9n%10-c9ccccc9)ccc87)cc6)cc5)c4)c4ccccc4-c4ccccc43)cc2)cc1. The van der Waals surface area contributed by atoms with E-state index < -0.39 is 5.41 Å². The van der Waals surface area contributed by atoms with E-state index in [1.165, 1.54) is 138 Å². The summed E-state index contributed by atoms with van der Waals surface area (Å²) >= 11 is 0. The van der Waals surface area contributed by atoms with Crippen molar-refractivity contribution in [2.24, 2.45) is 0 Å². The van der Waals surface area contributed by atoms with E-state index >= 15 is 0 Å². The van der Waals surface area contributed by atoms with Crippen molar-refractivity contribution in [3.8, 4) is 78.1 Å². The second-order valence-electron chi connectivity index (χ2n) is 21.5. The lowest BCUT2D eigenvalue weighted by molar-refractivity contribution is 0.771.